The van der Waals surface area contributed by atoms with Gasteiger partial charge in [0.1, 0.15) is 5.75 Å². The van der Waals surface area contributed by atoms with E-state index in [2.05, 4.69) is 0 Å². The maximum absolute atomic E-state index is 12.2. The Bertz CT molecular complexity index is 329. The van der Waals surface area contributed by atoms with Gasteiger partial charge in [0.15, 0.2) is 0 Å². The fraction of sp³-hybridized carbons (Fsp3) is 0.455. The third kappa shape index (κ3) is 2.89. The molecule has 4 heteroatoms. The molecule has 0 saturated heterocycles. The quantitative estimate of drug-likeness (QED) is 0.811. The molecule has 0 radical (unpaired) electrons. The summed E-state index contributed by atoms with van der Waals surface area (Å²) in [5.41, 5.74) is 7.38. The monoisotopic (exact) mass is 215 g/mol. The predicted octanol–water partition coefficient (Wildman–Crippen LogP) is 2.14. The fourth-order valence-electron chi connectivity index (χ4n) is 1.52. The van der Waals surface area contributed by atoms with Gasteiger partial charge in [0, 0.05) is 0 Å². The van der Waals surface area contributed by atoms with Crippen molar-refractivity contribution in [3.05, 3.63) is 28.8 Å². The molecular formula is C11H15F2NO. The Hall–Kier alpha value is -1.16. The molecule has 0 aliphatic carbocycles. The Labute approximate surface area is 87.7 Å². The molecule has 0 bridgehead atoms. The number of benzene rings is 1. The summed E-state index contributed by atoms with van der Waals surface area (Å²) in [6.45, 7) is 3.47. The summed E-state index contributed by atoms with van der Waals surface area (Å²) < 4.78 is 24.4. The molecule has 0 fully saturated rings. The van der Waals surface area contributed by atoms with Gasteiger partial charge >= 0.3 is 0 Å². The average Bonchev–Trinajstić information content (AvgIpc) is 2.13. The van der Waals surface area contributed by atoms with Gasteiger partial charge in [0.05, 0.1) is 6.04 Å². The first-order valence-electron chi connectivity index (χ1n) is 4.74. The van der Waals surface area contributed by atoms with Crippen molar-refractivity contribution in [2.24, 2.45) is 5.73 Å². The van der Waals surface area contributed by atoms with E-state index in [4.69, 9.17) is 5.73 Å². The van der Waals surface area contributed by atoms with Crippen molar-refractivity contribution in [1.29, 1.82) is 0 Å². The van der Waals surface area contributed by atoms with Gasteiger partial charge in [-0.1, -0.05) is 12.1 Å². The summed E-state index contributed by atoms with van der Waals surface area (Å²) in [6, 6.07) is 2.23. The Morgan fingerprint density at radius 2 is 1.73 bits per heavy atom. The Morgan fingerprint density at radius 3 is 2.13 bits per heavy atom. The number of aryl methyl sites for hydroxylation is 2. The van der Waals surface area contributed by atoms with E-state index in [1.807, 2.05) is 0 Å². The van der Waals surface area contributed by atoms with Crippen LogP contribution in [0.4, 0.5) is 8.78 Å². The highest BCUT2D eigenvalue weighted by Gasteiger charge is 2.16. The number of nitrogens with two attached hydrogens (primary N) is 1. The van der Waals surface area contributed by atoms with Crippen LogP contribution in [0.5, 0.6) is 5.75 Å². The molecule has 0 amide bonds. The fourth-order valence-corrected chi connectivity index (χ4v) is 1.52. The number of alkyl halides is 2. The van der Waals surface area contributed by atoms with Crippen LogP contribution in [0.3, 0.4) is 0 Å². The Morgan fingerprint density at radius 1 is 1.27 bits per heavy atom. The number of hydrogen-bond donors (Lipinski definition) is 2. The standard InChI is InChI=1S/C11H15F2NO/c1-6-3-8(4-7(2)10(6)15)5-9(14)11(12)13/h3-4,9,11,15H,5,14H2,1-2H3. The predicted molar refractivity (Wildman–Crippen MR) is 55.3 cm³/mol. The minimum Gasteiger partial charge on any atom is -0.507 e. The maximum atomic E-state index is 12.2. The number of halogens is 2. The minimum atomic E-state index is -2.51. The molecule has 0 aliphatic heterocycles. The minimum absolute atomic E-state index is 0.125. The second-order valence-corrected chi connectivity index (χ2v) is 3.78. The lowest BCUT2D eigenvalue weighted by Crippen LogP contribution is -2.30. The van der Waals surface area contributed by atoms with E-state index < -0.39 is 12.5 Å². The lowest BCUT2D eigenvalue weighted by molar-refractivity contribution is 0.116. The second kappa shape index (κ2) is 4.57. The maximum Gasteiger partial charge on any atom is 0.253 e. The first-order valence-corrected chi connectivity index (χ1v) is 4.74. The zero-order valence-electron chi connectivity index (χ0n) is 8.80. The van der Waals surface area contributed by atoms with Gasteiger partial charge in [-0.05, 0) is 37.0 Å². The van der Waals surface area contributed by atoms with Gasteiger partial charge in [-0.3, -0.25) is 0 Å². The van der Waals surface area contributed by atoms with Gasteiger partial charge in [-0.25, -0.2) is 8.78 Å². The second-order valence-electron chi connectivity index (χ2n) is 3.78. The van der Waals surface area contributed by atoms with E-state index >= 15 is 0 Å². The number of rotatable bonds is 3. The van der Waals surface area contributed by atoms with Gasteiger partial charge in [-0.15, -0.1) is 0 Å². The smallest absolute Gasteiger partial charge is 0.253 e. The molecule has 1 atom stereocenters. The molecule has 1 aromatic rings. The van der Waals surface area contributed by atoms with Crippen LogP contribution in [0.25, 0.3) is 0 Å². The highest BCUT2D eigenvalue weighted by atomic mass is 19.3. The lowest BCUT2D eigenvalue weighted by Gasteiger charge is -2.12. The van der Waals surface area contributed by atoms with E-state index in [0.29, 0.717) is 11.1 Å². The van der Waals surface area contributed by atoms with E-state index in [-0.39, 0.29) is 12.2 Å². The summed E-state index contributed by atoms with van der Waals surface area (Å²) in [4.78, 5) is 0. The molecule has 2 nitrogen and oxygen atoms in total. The van der Waals surface area contributed by atoms with Crippen molar-refractivity contribution in [3.63, 3.8) is 0 Å². The van der Waals surface area contributed by atoms with Crippen LogP contribution in [-0.4, -0.2) is 17.6 Å². The summed E-state index contributed by atoms with van der Waals surface area (Å²) >= 11 is 0. The lowest BCUT2D eigenvalue weighted by atomic mass is 10.0. The molecule has 15 heavy (non-hydrogen) atoms. The molecule has 0 aromatic heterocycles. The first-order chi connectivity index (χ1) is 6.91. The van der Waals surface area contributed by atoms with Gasteiger partial charge in [0.25, 0.3) is 6.43 Å². The Balaban J connectivity index is 2.88. The number of aromatic hydroxyl groups is 1. The van der Waals surface area contributed by atoms with Crippen molar-refractivity contribution in [3.8, 4) is 5.75 Å². The van der Waals surface area contributed by atoms with E-state index in [9.17, 15) is 13.9 Å². The van der Waals surface area contributed by atoms with Crippen molar-refractivity contribution >= 4 is 0 Å². The number of phenolic OH excluding ortho intramolecular Hbond substituents is 1. The van der Waals surface area contributed by atoms with Crippen molar-refractivity contribution < 1.29 is 13.9 Å². The zero-order chi connectivity index (χ0) is 11.6. The molecule has 0 saturated carbocycles. The van der Waals surface area contributed by atoms with Gasteiger partial charge in [-0.2, -0.15) is 0 Å². The topological polar surface area (TPSA) is 46.2 Å². The molecule has 1 unspecified atom stereocenters. The van der Waals surface area contributed by atoms with Crippen LogP contribution in [-0.2, 0) is 6.42 Å². The Kier molecular flexibility index (Phi) is 3.63. The third-order valence-electron chi connectivity index (χ3n) is 2.35. The van der Waals surface area contributed by atoms with E-state index in [1.165, 1.54) is 0 Å². The van der Waals surface area contributed by atoms with Crippen molar-refractivity contribution in [2.75, 3.05) is 0 Å². The van der Waals surface area contributed by atoms with Crippen LogP contribution in [0.2, 0.25) is 0 Å². The van der Waals surface area contributed by atoms with Crippen LogP contribution >= 0.6 is 0 Å². The molecule has 84 valence electrons. The van der Waals surface area contributed by atoms with Crippen LogP contribution in [0, 0.1) is 13.8 Å². The summed E-state index contributed by atoms with van der Waals surface area (Å²) in [5, 5.41) is 9.49. The molecule has 3 N–H and O–H groups in total. The largest absolute Gasteiger partial charge is 0.507 e. The molecule has 0 aliphatic rings. The molecule has 0 heterocycles. The normalized spacial score (nSPS) is 13.2. The van der Waals surface area contributed by atoms with Crippen LogP contribution in [0.1, 0.15) is 16.7 Å². The molecule has 1 aromatic carbocycles. The third-order valence-corrected chi connectivity index (χ3v) is 2.35. The van der Waals surface area contributed by atoms with Gasteiger partial charge < -0.3 is 10.8 Å². The summed E-state index contributed by atoms with van der Waals surface area (Å²) in [6.07, 6.45) is -2.39. The summed E-state index contributed by atoms with van der Waals surface area (Å²) in [7, 11) is 0. The van der Waals surface area contributed by atoms with E-state index in [1.54, 1.807) is 26.0 Å². The molecular weight excluding hydrogens is 200 g/mol. The number of phenols is 1. The van der Waals surface area contributed by atoms with E-state index in [0.717, 1.165) is 5.56 Å². The van der Waals surface area contributed by atoms with Crippen molar-refractivity contribution in [1.82, 2.24) is 0 Å². The van der Waals surface area contributed by atoms with Crippen LogP contribution in [0.15, 0.2) is 12.1 Å². The highest BCUT2D eigenvalue weighted by molar-refractivity contribution is 5.42. The number of hydrogen-bond acceptors (Lipinski definition) is 2. The van der Waals surface area contributed by atoms with Crippen LogP contribution < -0.4 is 5.73 Å². The highest BCUT2D eigenvalue weighted by Crippen LogP contribution is 2.23. The van der Waals surface area contributed by atoms with Crippen molar-refractivity contribution in [2.45, 2.75) is 32.7 Å². The molecule has 1 rings (SSSR count). The first kappa shape index (κ1) is 11.9. The SMILES string of the molecule is Cc1cc(CC(N)C(F)F)cc(C)c1O. The van der Waals surface area contributed by atoms with Gasteiger partial charge in [0.2, 0.25) is 0 Å². The average molecular weight is 215 g/mol. The summed E-state index contributed by atoms with van der Waals surface area (Å²) in [5.74, 6) is 0.212. The molecule has 0 spiro atoms. The zero-order valence-corrected chi connectivity index (χ0v) is 8.80.